The predicted molar refractivity (Wildman–Crippen MR) is 77.1 cm³/mol. The fraction of sp³-hybridized carbons (Fsp3) is 0.467. The topological polar surface area (TPSA) is 46.6 Å². The maximum Gasteiger partial charge on any atom is 0.409 e. The summed E-state index contributed by atoms with van der Waals surface area (Å²) in [6.45, 7) is 3.22. The standard InChI is InChI=1S/C15H18ClNO3/c1-2-20-15(19)17-9-3-4-12(10-17)14(18)11-5-7-13(16)8-6-11/h5-8,12H,2-4,9-10H2,1H3. The quantitative estimate of drug-likeness (QED) is 0.803. The lowest BCUT2D eigenvalue weighted by atomic mass is 9.90. The molecule has 5 heteroatoms. The van der Waals surface area contributed by atoms with Crippen LogP contribution in [0, 0.1) is 5.92 Å². The summed E-state index contributed by atoms with van der Waals surface area (Å²) in [5, 5.41) is 0.610. The Balaban J connectivity index is 2.03. The van der Waals surface area contributed by atoms with Gasteiger partial charge in [0, 0.05) is 29.6 Å². The summed E-state index contributed by atoms with van der Waals surface area (Å²) in [5.74, 6) is -0.0926. The summed E-state index contributed by atoms with van der Waals surface area (Å²) >= 11 is 5.82. The highest BCUT2D eigenvalue weighted by molar-refractivity contribution is 6.30. The van der Waals surface area contributed by atoms with E-state index in [-0.39, 0.29) is 17.8 Å². The third kappa shape index (κ3) is 3.51. The van der Waals surface area contributed by atoms with Crippen LogP contribution in [0.4, 0.5) is 4.79 Å². The first kappa shape index (κ1) is 14.9. The Labute approximate surface area is 123 Å². The van der Waals surface area contributed by atoms with Gasteiger partial charge in [-0.15, -0.1) is 0 Å². The monoisotopic (exact) mass is 295 g/mol. The van der Waals surface area contributed by atoms with E-state index in [1.807, 2.05) is 0 Å². The molecule has 1 aliphatic heterocycles. The van der Waals surface area contributed by atoms with E-state index in [1.165, 1.54) is 0 Å². The molecule has 1 aliphatic rings. The van der Waals surface area contributed by atoms with Gasteiger partial charge < -0.3 is 9.64 Å². The third-order valence-electron chi connectivity index (χ3n) is 3.45. The SMILES string of the molecule is CCOC(=O)N1CCCC(C(=O)c2ccc(Cl)cc2)C1. The predicted octanol–water partition coefficient (Wildman–Crippen LogP) is 3.39. The number of benzene rings is 1. The third-order valence-corrected chi connectivity index (χ3v) is 3.70. The van der Waals surface area contributed by atoms with Crippen molar-refractivity contribution in [2.24, 2.45) is 5.92 Å². The summed E-state index contributed by atoms with van der Waals surface area (Å²) in [6, 6.07) is 6.88. The maximum absolute atomic E-state index is 12.4. The number of hydrogen-bond donors (Lipinski definition) is 0. The molecule has 4 nitrogen and oxygen atoms in total. The number of likely N-dealkylation sites (tertiary alicyclic amines) is 1. The molecule has 1 unspecified atom stereocenters. The molecular formula is C15H18ClNO3. The minimum Gasteiger partial charge on any atom is -0.450 e. The number of carbonyl (C=O) groups excluding carboxylic acids is 2. The average molecular weight is 296 g/mol. The van der Waals surface area contributed by atoms with Crippen LogP contribution in [0.5, 0.6) is 0 Å². The summed E-state index contributed by atoms with van der Waals surface area (Å²) in [5.41, 5.74) is 0.644. The molecule has 0 radical (unpaired) electrons. The molecule has 0 spiro atoms. The fourth-order valence-electron chi connectivity index (χ4n) is 2.42. The first-order valence-corrected chi connectivity index (χ1v) is 7.21. The molecular weight excluding hydrogens is 278 g/mol. The summed E-state index contributed by atoms with van der Waals surface area (Å²) in [4.78, 5) is 25.8. The average Bonchev–Trinajstić information content (AvgIpc) is 2.48. The van der Waals surface area contributed by atoms with Crippen LogP contribution in [0.15, 0.2) is 24.3 Å². The number of Topliss-reactive ketones (excluding diaryl/α,β-unsaturated/α-hetero) is 1. The van der Waals surface area contributed by atoms with Crippen LogP contribution < -0.4 is 0 Å². The van der Waals surface area contributed by atoms with Gasteiger partial charge in [-0.25, -0.2) is 4.79 Å². The van der Waals surface area contributed by atoms with Crippen molar-refractivity contribution in [3.05, 3.63) is 34.9 Å². The zero-order valence-corrected chi connectivity index (χ0v) is 12.2. The van der Waals surface area contributed by atoms with Crippen LogP contribution in [-0.2, 0) is 4.74 Å². The van der Waals surface area contributed by atoms with Gasteiger partial charge in [-0.05, 0) is 44.0 Å². The van der Waals surface area contributed by atoms with Gasteiger partial charge in [0.2, 0.25) is 0 Å². The Morgan fingerprint density at radius 3 is 2.70 bits per heavy atom. The number of hydrogen-bond acceptors (Lipinski definition) is 3. The molecule has 1 aromatic rings. The van der Waals surface area contributed by atoms with E-state index in [0.29, 0.717) is 30.3 Å². The number of halogens is 1. The molecule has 2 rings (SSSR count). The molecule has 0 saturated carbocycles. The lowest BCUT2D eigenvalue weighted by molar-refractivity contribution is 0.0730. The van der Waals surface area contributed by atoms with Crippen molar-refractivity contribution >= 4 is 23.5 Å². The van der Waals surface area contributed by atoms with Crippen LogP contribution in [0.3, 0.4) is 0 Å². The number of carbonyl (C=O) groups is 2. The van der Waals surface area contributed by atoms with Crippen molar-refractivity contribution in [3.8, 4) is 0 Å². The molecule has 0 N–H and O–H groups in total. The molecule has 1 atom stereocenters. The number of ketones is 1. The maximum atomic E-state index is 12.4. The van der Waals surface area contributed by atoms with Crippen molar-refractivity contribution < 1.29 is 14.3 Å². The van der Waals surface area contributed by atoms with E-state index >= 15 is 0 Å². The number of ether oxygens (including phenoxy) is 1. The lowest BCUT2D eigenvalue weighted by Crippen LogP contribution is -2.42. The van der Waals surface area contributed by atoms with E-state index in [2.05, 4.69) is 0 Å². The summed E-state index contributed by atoms with van der Waals surface area (Å²) in [7, 11) is 0. The van der Waals surface area contributed by atoms with Crippen LogP contribution in [0.25, 0.3) is 0 Å². The number of amides is 1. The van der Waals surface area contributed by atoms with Crippen molar-refractivity contribution in [1.29, 1.82) is 0 Å². The summed E-state index contributed by atoms with van der Waals surface area (Å²) in [6.07, 6.45) is 1.29. The van der Waals surface area contributed by atoms with Gasteiger partial charge in [-0.1, -0.05) is 11.6 Å². The highest BCUT2D eigenvalue weighted by Crippen LogP contribution is 2.22. The second-order valence-electron chi connectivity index (χ2n) is 4.86. The van der Waals surface area contributed by atoms with Crippen LogP contribution in [0.1, 0.15) is 30.1 Å². The van der Waals surface area contributed by atoms with Crippen molar-refractivity contribution in [3.63, 3.8) is 0 Å². The second kappa shape index (κ2) is 6.75. The van der Waals surface area contributed by atoms with Gasteiger partial charge in [0.1, 0.15) is 0 Å². The van der Waals surface area contributed by atoms with Crippen molar-refractivity contribution in [1.82, 2.24) is 4.90 Å². The molecule has 108 valence electrons. The van der Waals surface area contributed by atoms with E-state index in [9.17, 15) is 9.59 Å². The lowest BCUT2D eigenvalue weighted by Gasteiger charge is -2.31. The Hall–Kier alpha value is -1.55. The Kier molecular flexibility index (Phi) is 5.01. The molecule has 0 aliphatic carbocycles. The number of rotatable bonds is 3. The summed E-state index contributed by atoms with van der Waals surface area (Å²) < 4.78 is 4.99. The van der Waals surface area contributed by atoms with E-state index in [1.54, 1.807) is 36.1 Å². The van der Waals surface area contributed by atoms with Crippen molar-refractivity contribution in [2.45, 2.75) is 19.8 Å². The minimum absolute atomic E-state index is 0.0654. The first-order chi connectivity index (χ1) is 9.61. The highest BCUT2D eigenvalue weighted by Gasteiger charge is 2.29. The largest absolute Gasteiger partial charge is 0.450 e. The molecule has 1 fully saturated rings. The molecule has 1 saturated heterocycles. The van der Waals surface area contributed by atoms with Crippen LogP contribution in [-0.4, -0.2) is 36.5 Å². The Morgan fingerprint density at radius 2 is 2.05 bits per heavy atom. The van der Waals surface area contributed by atoms with E-state index in [0.717, 1.165) is 12.8 Å². The van der Waals surface area contributed by atoms with Gasteiger partial charge in [-0.3, -0.25) is 4.79 Å². The van der Waals surface area contributed by atoms with E-state index < -0.39 is 0 Å². The zero-order valence-electron chi connectivity index (χ0n) is 11.5. The zero-order chi connectivity index (χ0) is 14.5. The normalized spacial score (nSPS) is 18.7. The minimum atomic E-state index is -0.332. The number of piperidine rings is 1. The van der Waals surface area contributed by atoms with Crippen molar-refractivity contribution in [2.75, 3.05) is 19.7 Å². The molecule has 1 aromatic carbocycles. The van der Waals surface area contributed by atoms with Crippen LogP contribution >= 0.6 is 11.6 Å². The number of nitrogens with zero attached hydrogens (tertiary/aromatic N) is 1. The van der Waals surface area contributed by atoms with Gasteiger partial charge in [0.15, 0.2) is 5.78 Å². The smallest absolute Gasteiger partial charge is 0.409 e. The molecule has 1 amide bonds. The Bertz CT molecular complexity index is 486. The van der Waals surface area contributed by atoms with E-state index in [4.69, 9.17) is 16.3 Å². The second-order valence-corrected chi connectivity index (χ2v) is 5.29. The molecule has 20 heavy (non-hydrogen) atoms. The molecule has 1 heterocycles. The van der Waals surface area contributed by atoms with Gasteiger partial charge >= 0.3 is 6.09 Å². The van der Waals surface area contributed by atoms with Gasteiger partial charge in [-0.2, -0.15) is 0 Å². The first-order valence-electron chi connectivity index (χ1n) is 6.83. The van der Waals surface area contributed by atoms with Crippen LogP contribution in [0.2, 0.25) is 5.02 Å². The molecule has 0 aromatic heterocycles. The molecule has 0 bridgehead atoms. The van der Waals surface area contributed by atoms with Gasteiger partial charge in [0.05, 0.1) is 6.61 Å². The Morgan fingerprint density at radius 1 is 1.35 bits per heavy atom. The fourth-order valence-corrected chi connectivity index (χ4v) is 2.55. The van der Waals surface area contributed by atoms with Gasteiger partial charge in [0.25, 0.3) is 0 Å². The highest BCUT2D eigenvalue weighted by atomic mass is 35.5.